The van der Waals surface area contributed by atoms with Gasteiger partial charge in [0.05, 0.1) is 5.71 Å². The highest BCUT2D eigenvalue weighted by Gasteiger charge is 2.34. The van der Waals surface area contributed by atoms with Crippen LogP contribution >= 0.6 is 11.8 Å². The molecule has 19 heavy (non-hydrogen) atoms. The number of benzene rings is 1. The van der Waals surface area contributed by atoms with Gasteiger partial charge in [0.25, 0.3) is 0 Å². The molecule has 0 unspecified atom stereocenters. The van der Waals surface area contributed by atoms with Crippen molar-refractivity contribution in [3.63, 3.8) is 0 Å². The van der Waals surface area contributed by atoms with Gasteiger partial charge in [-0.1, -0.05) is 5.16 Å². The van der Waals surface area contributed by atoms with Crippen LogP contribution < -0.4 is 0 Å². The molecule has 1 aliphatic rings. The zero-order chi connectivity index (χ0) is 14.4. The second-order valence-corrected chi connectivity index (χ2v) is 7.40. The summed E-state index contributed by atoms with van der Waals surface area (Å²) in [6.45, 7) is 10.4. The summed E-state index contributed by atoms with van der Waals surface area (Å²) in [5.74, 6) is 0.375. The molecule has 1 N–H and O–H groups in total. The van der Waals surface area contributed by atoms with Crippen LogP contribution in [0.5, 0.6) is 5.75 Å². The molecule has 1 aliphatic heterocycles. The lowest BCUT2D eigenvalue weighted by Crippen LogP contribution is -2.27. The molecule has 0 bridgehead atoms. The Morgan fingerprint density at radius 1 is 1.16 bits per heavy atom. The number of oxime groups is 1. The number of rotatable bonds is 1. The van der Waals surface area contributed by atoms with Gasteiger partial charge in [0.2, 0.25) is 0 Å². The third-order valence-electron chi connectivity index (χ3n) is 3.68. The smallest absolute Gasteiger partial charge is 0.122 e. The Morgan fingerprint density at radius 2 is 1.79 bits per heavy atom. The SMILES string of the molecule is CO/N=C1\CC(C)(C)Sc2c(C)c(C)c(O)c(C)c21. The van der Waals surface area contributed by atoms with Gasteiger partial charge in [-0.05, 0) is 45.7 Å². The quantitative estimate of drug-likeness (QED) is 0.792. The first-order valence-electron chi connectivity index (χ1n) is 6.40. The van der Waals surface area contributed by atoms with Crippen LogP contribution in [0.1, 0.15) is 42.5 Å². The van der Waals surface area contributed by atoms with E-state index >= 15 is 0 Å². The highest BCUT2D eigenvalue weighted by Crippen LogP contribution is 2.48. The summed E-state index contributed by atoms with van der Waals surface area (Å²) >= 11 is 1.86. The Kier molecular flexibility index (Phi) is 3.56. The third kappa shape index (κ3) is 2.34. The Morgan fingerprint density at radius 3 is 2.37 bits per heavy atom. The Hall–Kier alpha value is -1.16. The first-order chi connectivity index (χ1) is 8.78. The van der Waals surface area contributed by atoms with Crippen molar-refractivity contribution in [2.24, 2.45) is 5.16 Å². The van der Waals surface area contributed by atoms with Crippen LogP contribution in [-0.4, -0.2) is 22.7 Å². The van der Waals surface area contributed by atoms with Crippen LogP contribution in [0.4, 0.5) is 0 Å². The Bertz CT molecular complexity index is 562. The van der Waals surface area contributed by atoms with E-state index in [4.69, 9.17) is 4.84 Å². The molecular formula is C15H21NO2S. The zero-order valence-corrected chi connectivity index (χ0v) is 13.2. The van der Waals surface area contributed by atoms with Crippen LogP contribution in [0.15, 0.2) is 10.1 Å². The minimum absolute atomic E-state index is 0.0883. The topological polar surface area (TPSA) is 41.8 Å². The van der Waals surface area contributed by atoms with E-state index in [0.717, 1.165) is 34.4 Å². The number of thioether (sulfide) groups is 1. The molecule has 1 heterocycles. The van der Waals surface area contributed by atoms with Crippen LogP contribution in [0.3, 0.4) is 0 Å². The van der Waals surface area contributed by atoms with Crippen molar-refractivity contribution < 1.29 is 9.94 Å². The summed E-state index contributed by atoms with van der Waals surface area (Å²) in [6.07, 6.45) is 0.835. The van der Waals surface area contributed by atoms with E-state index in [9.17, 15) is 5.11 Å². The molecule has 0 atom stereocenters. The van der Waals surface area contributed by atoms with E-state index < -0.39 is 0 Å². The maximum Gasteiger partial charge on any atom is 0.122 e. The molecule has 3 nitrogen and oxygen atoms in total. The van der Waals surface area contributed by atoms with Crippen LogP contribution in [0.2, 0.25) is 0 Å². The molecule has 0 radical (unpaired) electrons. The highest BCUT2D eigenvalue weighted by molar-refractivity contribution is 8.00. The maximum atomic E-state index is 10.3. The largest absolute Gasteiger partial charge is 0.507 e. The van der Waals surface area contributed by atoms with Crippen LogP contribution in [0.25, 0.3) is 0 Å². The van der Waals surface area contributed by atoms with E-state index in [1.165, 1.54) is 4.90 Å². The molecule has 0 spiro atoms. The molecule has 2 rings (SSSR count). The summed E-state index contributed by atoms with van der Waals surface area (Å²) in [7, 11) is 1.57. The summed E-state index contributed by atoms with van der Waals surface area (Å²) in [5, 5.41) is 14.4. The van der Waals surface area contributed by atoms with Crippen molar-refractivity contribution in [2.45, 2.75) is 50.7 Å². The van der Waals surface area contributed by atoms with E-state index in [1.54, 1.807) is 7.11 Å². The number of hydrogen-bond acceptors (Lipinski definition) is 4. The van der Waals surface area contributed by atoms with E-state index in [1.807, 2.05) is 25.6 Å². The third-order valence-corrected chi connectivity index (χ3v) is 5.09. The fourth-order valence-electron chi connectivity index (χ4n) is 2.57. The van der Waals surface area contributed by atoms with Crippen LogP contribution in [-0.2, 0) is 4.84 Å². The van der Waals surface area contributed by atoms with Crippen molar-refractivity contribution in [1.82, 2.24) is 0 Å². The maximum absolute atomic E-state index is 10.3. The molecule has 0 saturated heterocycles. The predicted octanol–water partition coefficient (Wildman–Crippen LogP) is 3.94. The number of hydrogen-bond donors (Lipinski definition) is 1. The summed E-state index contributed by atoms with van der Waals surface area (Å²) < 4.78 is 0.0883. The average Bonchev–Trinajstić information content (AvgIpc) is 2.32. The summed E-state index contributed by atoms with van der Waals surface area (Å²) in [4.78, 5) is 6.22. The van der Waals surface area contributed by atoms with Gasteiger partial charge in [0, 0.05) is 27.2 Å². The first-order valence-corrected chi connectivity index (χ1v) is 7.22. The molecule has 0 fully saturated rings. The predicted molar refractivity (Wildman–Crippen MR) is 80.4 cm³/mol. The van der Waals surface area contributed by atoms with Gasteiger partial charge in [-0.2, -0.15) is 0 Å². The summed E-state index contributed by atoms with van der Waals surface area (Å²) in [6, 6.07) is 0. The van der Waals surface area contributed by atoms with E-state index in [2.05, 4.69) is 25.9 Å². The lowest BCUT2D eigenvalue weighted by molar-refractivity contribution is 0.212. The number of fused-ring (bicyclic) bond motifs is 1. The van der Waals surface area contributed by atoms with Gasteiger partial charge in [-0.15, -0.1) is 11.8 Å². The monoisotopic (exact) mass is 279 g/mol. The second-order valence-electron chi connectivity index (χ2n) is 5.69. The Labute approximate surface area is 119 Å². The van der Waals surface area contributed by atoms with Gasteiger partial charge in [0.15, 0.2) is 0 Å². The Balaban J connectivity index is 2.78. The number of phenolic OH excluding ortho intramolecular Hbond substituents is 1. The van der Waals surface area contributed by atoms with Gasteiger partial charge in [-0.25, -0.2) is 0 Å². The standard InChI is InChI=1S/C15H21NO2S/c1-8-9(2)14-12(10(3)13(8)17)11(16-18-6)7-15(4,5)19-14/h17H,7H2,1-6H3/b16-11+. The molecule has 1 aromatic rings. The second kappa shape index (κ2) is 4.75. The van der Waals surface area contributed by atoms with Crippen molar-refractivity contribution in [3.05, 3.63) is 22.3 Å². The molecule has 4 heteroatoms. The van der Waals surface area contributed by atoms with E-state index in [0.29, 0.717) is 5.75 Å². The lowest BCUT2D eigenvalue weighted by Gasteiger charge is -2.34. The van der Waals surface area contributed by atoms with Crippen LogP contribution in [0, 0.1) is 20.8 Å². The van der Waals surface area contributed by atoms with Gasteiger partial charge in [-0.3, -0.25) is 0 Å². The van der Waals surface area contributed by atoms with Gasteiger partial charge in [0.1, 0.15) is 12.9 Å². The molecule has 0 saturated carbocycles. The number of phenols is 1. The van der Waals surface area contributed by atoms with Crippen molar-refractivity contribution in [1.29, 1.82) is 0 Å². The fraction of sp³-hybridized carbons (Fsp3) is 0.533. The minimum Gasteiger partial charge on any atom is -0.507 e. The van der Waals surface area contributed by atoms with Crippen molar-refractivity contribution >= 4 is 17.5 Å². The molecule has 0 aliphatic carbocycles. The van der Waals surface area contributed by atoms with Gasteiger partial charge >= 0.3 is 0 Å². The minimum atomic E-state index is 0.0883. The molecule has 104 valence electrons. The van der Waals surface area contributed by atoms with Gasteiger partial charge < -0.3 is 9.94 Å². The highest BCUT2D eigenvalue weighted by atomic mass is 32.2. The molecule has 0 amide bonds. The van der Waals surface area contributed by atoms with Crippen molar-refractivity contribution in [2.75, 3.05) is 7.11 Å². The average molecular weight is 279 g/mol. The molecular weight excluding hydrogens is 258 g/mol. The lowest BCUT2D eigenvalue weighted by atomic mass is 9.91. The fourth-order valence-corrected chi connectivity index (χ4v) is 4.01. The van der Waals surface area contributed by atoms with Crippen molar-refractivity contribution in [3.8, 4) is 5.75 Å². The number of aromatic hydroxyl groups is 1. The van der Waals surface area contributed by atoms with E-state index in [-0.39, 0.29) is 4.75 Å². The number of nitrogens with zero attached hydrogens (tertiary/aromatic N) is 1. The molecule has 0 aromatic heterocycles. The summed E-state index contributed by atoms with van der Waals surface area (Å²) in [5.41, 5.74) is 4.97. The normalized spacial score (nSPS) is 19.4. The first kappa shape index (κ1) is 14.3. The zero-order valence-electron chi connectivity index (χ0n) is 12.4. The molecule has 1 aromatic carbocycles.